The normalized spacial score (nSPS) is 13.8. The number of hydrogen-bond donors (Lipinski definition) is 1. The van der Waals surface area contributed by atoms with Gasteiger partial charge in [-0.1, -0.05) is 30.3 Å². The molecule has 0 saturated carbocycles. The van der Waals surface area contributed by atoms with Crippen LogP contribution in [0.15, 0.2) is 30.3 Å². The summed E-state index contributed by atoms with van der Waals surface area (Å²) in [6, 6.07) is 10.9. The van der Waals surface area contributed by atoms with Crippen LogP contribution in [0.3, 0.4) is 0 Å². The first-order valence-corrected chi connectivity index (χ1v) is 5.86. The van der Waals surface area contributed by atoms with Gasteiger partial charge in [-0.15, -0.1) is 0 Å². The molecule has 0 aliphatic rings. The van der Waals surface area contributed by atoms with Gasteiger partial charge < -0.3 is 10.1 Å². The third kappa shape index (κ3) is 4.77. The van der Waals surface area contributed by atoms with E-state index in [4.69, 9.17) is 4.74 Å². The molecule has 2 nitrogen and oxygen atoms in total. The van der Waals surface area contributed by atoms with Gasteiger partial charge in [0.15, 0.2) is 0 Å². The molecule has 0 spiro atoms. The van der Waals surface area contributed by atoms with Crippen LogP contribution in [-0.4, -0.2) is 18.8 Å². The van der Waals surface area contributed by atoms with E-state index in [1.165, 1.54) is 5.56 Å². The fraction of sp³-hybridized carbons (Fsp3) is 0.571. The molecule has 0 saturated heterocycles. The van der Waals surface area contributed by atoms with Gasteiger partial charge in [-0.05, 0) is 32.8 Å². The van der Waals surface area contributed by atoms with E-state index in [-0.39, 0.29) is 5.60 Å². The van der Waals surface area contributed by atoms with E-state index in [0.717, 1.165) is 13.0 Å². The molecular weight excluding hydrogens is 198 g/mol. The van der Waals surface area contributed by atoms with Crippen LogP contribution < -0.4 is 5.32 Å². The van der Waals surface area contributed by atoms with Gasteiger partial charge >= 0.3 is 0 Å². The standard InChI is InChI=1S/C14H23NO/c1-12(10-14(2,3)16-4)15-11-13-8-6-5-7-9-13/h5-9,12,15H,10-11H2,1-4H3. The minimum atomic E-state index is -0.0525. The van der Waals surface area contributed by atoms with Gasteiger partial charge in [0, 0.05) is 19.7 Å². The molecule has 0 aliphatic carbocycles. The van der Waals surface area contributed by atoms with Crippen molar-refractivity contribution in [2.45, 2.75) is 45.4 Å². The lowest BCUT2D eigenvalue weighted by Gasteiger charge is -2.27. The van der Waals surface area contributed by atoms with Crippen molar-refractivity contribution in [1.82, 2.24) is 5.32 Å². The van der Waals surface area contributed by atoms with Crippen LogP contribution in [-0.2, 0) is 11.3 Å². The highest BCUT2D eigenvalue weighted by Gasteiger charge is 2.19. The molecule has 0 aromatic heterocycles. The van der Waals surface area contributed by atoms with Gasteiger partial charge in [-0.2, -0.15) is 0 Å². The van der Waals surface area contributed by atoms with E-state index in [9.17, 15) is 0 Å². The van der Waals surface area contributed by atoms with Crippen molar-refractivity contribution < 1.29 is 4.74 Å². The molecule has 16 heavy (non-hydrogen) atoms. The lowest BCUT2D eigenvalue weighted by Crippen LogP contribution is -2.35. The third-order valence-corrected chi connectivity index (χ3v) is 2.85. The van der Waals surface area contributed by atoms with Crippen molar-refractivity contribution in [1.29, 1.82) is 0 Å². The zero-order chi connectivity index (χ0) is 12.0. The second-order valence-electron chi connectivity index (χ2n) is 4.94. The summed E-state index contributed by atoms with van der Waals surface area (Å²) in [5, 5.41) is 3.51. The zero-order valence-corrected chi connectivity index (χ0v) is 10.8. The minimum Gasteiger partial charge on any atom is -0.379 e. The molecule has 1 atom stereocenters. The van der Waals surface area contributed by atoms with Gasteiger partial charge in [0.05, 0.1) is 5.60 Å². The average molecular weight is 221 g/mol. The Morgan fingerprint density at radius 3 is 2.44 bits per heavy atom. The van der Waals surface area contributed by atoms with E-state index in [2.05, 4.69) is 50.4 Å². The molecule has 0 aliphatic heterocycles. The van der Waals surface area contributed by atoms with E-state index >= 15 is 0 Å². The predicted octanol–water partition coefficient (Wildman–Crippen LogP) is 2.98. The fourth-order valence-corrected chi connectivity index (χ4v) is 1.78. The molecule has 0 amide bonds. The van der Waals surface area contributed by atoms with Crippen LogP contribution in [0.5, 0.6) is 0 Å². The smallest absolute Gasteiger partial charge is 0.0637 e. The average Bonchev–Trinajstić information content (AvgIpc) is 2.27. The van der Waals surface area contributed by atoms with Crippen LogP contribution >= 0.6 is 0 Å². The maximum absolute atomic E-state index is 5.42. The molecule has 0 heterocycles. The highest BCUT2D eigenvalue weighted by atomic mass is 16.5. The van der Waals surface area contributed by atoms with Gasteiger partial charge in [-0.25, -0.2) is 0 Å². The van der Waals surface area contributed by atoms with E-state index in [1.54, 1.807) is 7.11 Å². The number of ether oxygens (including phenoxy) is 1. The summed E-state index contributed by atoms with van der Waals surface area (Å²) in [4.78, 5) is 0. The largest absolute Gasteiger partial charge is 0.379 e. The Hall–Kier alpha value is -0.860. The quantitative estimate of drug-likeness (QED) is 0.797. The van der Waals surface area contributed by atoms with Crippen molar-refractivity contribution in [2.24, 2.45) is 0 Å². The number of hydrogen-bond acceptors (Lipinski definition) is 2. The molecular formula is C14H23NO. The number of rotatable bonds is 6. The molecule has 90 valence electrons. The Bertz CT molecular complexity index is 295. The second kappa shape index (κ2) is 6.02. The summed E-state index contributed by atoms with van der Waals surface area (Å²) in [5.41, 5.74) is 1.27. The Labute approximate surface area is 99.0 Å². The first kappa shape index (κ1) is 13.2. The van der Waals surface area contributed by atoms with Crippen LogP contribution in [0.1, 0.15) is 32.8 Å². The Balaban J connectivity index is 2.33. The first-order valence-electron chi connectivity index (χ1n) is 5.86. The summed E-state index contributed by atoms with van der Waals surface area (Å²) in [6.45, 7) is 7.35. The Morgan fingerprint density at radius 2 is 1.88 bits per heavy atom. The van der Waals surface area contributed by atoms with Crippen molar-refractivity contribution >= 4 is 0 Å². The van der Waals surface area contributed by atoms with E-state index in [1.807, 2.05) is 6.07 Å². The fourth-order valence-electron chi connectivity index (χ4n) is 1.78. The Kier molecular flexibility index (Phi) is 4.97. The van der Waals surface area contributed by atoms with E-state index in [0.29, 0.717) is 6.04 Å². The summed E-state index contributed by atoms with van der Waals surface area (Å²) in [7, 11) is 1.77. The van der Waals surface area contributed by atoms with Crippen LogP contribution in [0.4, 0.5) is 0 Å². The van der Waals surface area contributed by atoms with Gasteiger partial charge in [-0.3, -0.25) is 0 Å². The lowest BCUT2D eigenvalue weighted by atomic mass is 10.00. The number of methoxy groups -OCH3 is 1. The van der Waals surface area contributed by atoms with Crippen LogP contribution in [0.25, 0.3) is 0 Å². The van der Waals surface area contributed by atoms with Crippen molar-refractivity contribution in [2.75, 3.05) is 7.11 Å². The predicted molar refractivity (Wildman–Crippen MR) is 68.4 cm³/mol. The van der Waals surface area contributed by atoms with Gasteiger partial charge in [0.25, 0.3) is 0 Å². The first-order chi connectivity index (χ1) is 7.53. The topological polar surface area (TPSA) is 21.3 Å². The summed E-state index contributed by atoms with van der Waals surface area (Å²) >= 11 is 0. The summed E-state index contributed by atoms with van der Waals surface area (Å²) < 4.78 is 5.42. The van der Waals surface area contributed by atoms with Crippen molar-refractivity contribution in [3.8, 4) is 0 Å². The number of nitrogens with one attached hydrogen (secondary N) is 1. The maximum Gasteiger partial charge on any atom is 0.0637 e. The van der Waals surface area contributed by atoms with Gasteiger partial charge in [0.1, 0.15) is 0 Å². The molecule has 0 fully saturated rings. The monoisotopic (exact) mass is 221 g/mol. The number of benzene rings is 1. The second-order valence-corrected chi connectivity index (χ2v) is 4.94. The molecule has 1 aromatic rings. The molecule has 1 rings (SSSR count). The molecule has 1 aromatic carbocycles. The molecule has 1 N–H and O–H groups in total. The van der Waals surface area contributed by atoms with Crippen molar-refractivity contribution in [3.63, 3.8) is 0 Å². The highest BCUT2D eigenvalue weighted by molar-refractivity contribution is 5.14. The summed E-state index contributed by atoms with van der Waals surface area (Å²) in [5.74, 6) is 0. The molecule has 0 bridgehead atoms. The minimum absolute atomic E-state index is 0.0525. The maximum atomic E-state index is 5.42. The van der Waals surface area contributed by atoms with Crippen LogP contribution in [0.2, 0.25) is 0 Å². The third-order valence-electron chi connectivity index (χ3n) is 2.85. The van der Waals surface area contributed by atoms with E-state index < -0.39 is 0 Å². The molecule has 0 radical (unpaired) electrons. The van der Waals surface area contributed by atoms with Gasteiger partial charge in [0.2, 0.25) is 0 Å². The highest BCUT2D eigenvalue weighted by Crippen LogP contribution is 2.15. The Morgan fingerprint density at radius 1 is 1.25 bits per heavy atom. The summed E-state index contributed by atoms with van der Waals surface area (Å²) in [6.07, 6.45) is 1.01. The van der Waals surface area contributed by atoms with Crippen LogP contribution in [0, 0.1) is 0 Å². The molecule has 2 heteroatoms. The SMILES string of the molecule is COC(C)(C)CC(C)NCc1ccccc1. The molecule has 1 unspecified atom stereocenters. The lowest BCUT2D eigenvalue weighted by molar-refractivity contribution is 0.00844. The van der Waals surface area contributed by atoms with Crippen molar-refractivity contribution in [3.05, 3.63) is 35.9 Å². The zero-order valence-electron chi connectivity index (χ0n) is 10.8.